The molecule has 0 unspecified atom stereocenters. The van der Waals surface area contributed by atoms with Gasteiger partial charge in [-0.05, 0) is 19.1 Å². The Balaban J connectivity index is 2.89. The Hall–Kier alpha value is -1.72. The number of nitrogens with zero attached hydrogens (tertiary/aromatic N) is 1. The number of benzene rings is 1. The summed E-state index contributed by atoms with van der Waals surface area (Å²) in [4.78, 5) is 12.6. The minimum Gasteiger partial charge on any atom is -0.385 e. The third-order valence-corrected chi connectivity index (χ3v) is 2.29. The predicted octanol–water partition coefficient (Wildman–Crippen LogP) is 2.75. The summed E-state index contributed by atoms with van der Waals surface area (Å²) in [6.07, 6.45) is -4.39. The van der Waals surface area contributed by atoms with E-state index >= 15 is 0 Å². The van der Waals surface area contributed by atoms with E-state index in [1.807, 2.05) is 6.92 Å². The number of halogens is 3. The van der Waals surface area contributed by atoms with E-state index in [2.05, 4.69) is 5.32 Å². The number of alkyl halides is 3. The standard InChI is InChI=1S/C12H15F3N2O/c1-3-16-10-7-5-4-6-9(10)11(18)17(2)8-12(13,14)15/h4-7,16H,3,8H2,1-2H3. The molecular weight excluding hydrogens is 245 g/mol. The number of carbonyl (C=O) groups excluding carboxylic acids is 1. The van der Waals surface area contributed by atoms with Crippen LogP contribution in [0, 0.1) is 0 Å². The fourth-order valence-corrected chi connectivity index (χ4v) is 1.56. The Morgan fingerprint density at radius 2 is 1.94 bits per heavy atom. The van der Waals surface area contributed by atoms with Crippen LogP contribution in [-0.2, 0) is 0 Å². The fourth-order valence-electron chi connectivity index (χ4n) is 1.56. The SMILES string of the molecule is CCNc1ccccc1C(=O)N(C)CC(F)(F)F. The monoisotopic (exact) mass is 260 g/mol. The Morgan fingerprint density at radius 1 is 1.33 bits per heavy atom. The summed E-state index contributed by atoms with van der Waals surface area (Å²) in [5.74, 6) is -0.649. The summed E-state index contributed by atoms with van der Waals surface area (Å²) in [5, 5.41) is 2.95. The Morgan fingerprint density at radius 3 is 2.50 bits per heavy atom. The third kappa shape index (κ3) is 3.94. The zero-order valence-electron chi connectivity index (χ0n) is 10.2. The molecule has 0 spiro atoms. The van der Waals surface area contributed by atoms with Crippen molar-refractivity contribution >= 4 is 11.6 Å². The Bertz CT molecular complexity index is 418. The molecule has 0 saturated carbocycles. The number of para-hydroxylation sites is 1. The summed E-state index contributed by atoms with van der Waals surface area (Å²) in [6, 6.07) is 6.51. The van der Waals surface area contributed by atoms with Crippen molar-refractivity contribution in [2.24, 2.45) is 0 Å². The topological polar surface area (TPSA) is 32.3 Å². The molecule has 1 rings (SSSR count). The van der Waals surface area contributed by atoms with Crippen molar-refractivity contribution in [3.63, 3.8) is 0 Å². The molecule has 6 heteroatoms. The lowest BCUT2D eigenvalue weighted by molar-refractivity contribution is -0.138. The van der Waals surface area contributed by atoms with Crippen LogP contribution in [0.4, 0.5) is 18.9 Å². The van der Waals surface area contributed by atoms with Gasteiger partial charge in [0.25, 0.3) is 5.91 Å². The second-order valence-electron chi connectivity index (χ2n) is 3.85. The highest BCUT2D eigenvalue weighted by Gasteiger charge is 2.31. The van der Waals surface area contributed by atoms with Gasteiger partial charge < -0.3 is 10.2 Å². The summed E-state index contributed by atoms with van der Waals surface area (Å²) in [7, 11) is 1.14. The van der Waals surface area contributed by atoms with Gasteiger partial charge in [0.15, 0.2) is 0 Å². The molecule has 1 aromatic rings. The van der Waals surface area contributed by atoms with Crippen molar-refractivity contribution in [3.8, 4) is 0 Å². The quantitative estimate of drug-likeness (QED) is 0.902. The number of anilines is 1. The molecule has 0 aliphatic carbocycles. The van der Waals surface area contributed by atoms with Gasteiger partial charge in [-0.3, -0.25) is 4.79 Å². The number of hydrogen-bond donors (Lipinski definition) is 1. The second kappa shape index (κ2) is 5.75. The minimum atomic E-state index is -4.39. The molecule has 18 heavy (non-hydrogen) atoms. The van der Waals surface area contributed by atoms with Crippen LogP contribution in [0.3, 0.4) is 0 Å². The fraction of sp³-hybridized carbons (Fsp3) is 0.417. The number of rotatable bonds is 4. The molecule has 0 bridgehead atoms. The molecule has 0 atom stereocenters. The highest BCUT2D eigenvalue weighted by Crippen LogP contribution is 2.20. The molecule has 0 fully saturated rings. The molecule has 3 nitrogen and oxygen atoms in total. The Kier molecular flexibility index (Phi) is 4.58. The van der Waals surface area contributed by atoms with Crippen LogP contribution in [0.1, 0.15) is 17.3 Å². The average molecular weight is 260 g/mol. The molecule has 1 amide bonds. The molecule has 100 valence electrons. The molecule has 0 radical (unpaired) electrons. The van der Waals surface area contributed by atoms with Crippen LogP contribution in [0.15, 0.2) is 24.3 Å². The van der Waals surface area contributed by atoms with Crippen molar-refractivity contribution in [2.45, 2.75) is 13.1 Å². The van der Waals surface area contributed by atoms with Crippen molar-refractivity contribution in [1.29, 1.82) is 0 Å². The van der Waals surface area contributed by atoms with E-state index in [0.717, 1.165) is 7.05 Å². The summed E-state index contributed by atoms with van der Waals surface area (Å²) in [6.45, 7) is 1.18. The van der Waals surface area contributed by atoms with Gasteiger partial charge in [-0.2, -0.15) is 13.2 Å². The second-order valence-corrected chi connectivity index (χ2v) is 3.85. The third-order valence-electron chi connectivity index (χ3n) is 2.29. The van der Waals surface area contributed by atoms with Gasteiger partial charge in [0.2, 0.25) is 0 Å². The number of nitrogens with one attached hydrogen (secondary N) is 1. The zero-order chi connectivity index (χ0) is 13.8. The summed E-state index contributed by atoms with van der Waals surface area (Å²) < 4.78 is 36.7. The van der Waals surface area contributed by atoms with E-state index in [0.29, 0.717) is 17.1 Å². The van der Waals surface area contributed by atoms with Crippen LogP contribution >= 0.6 is 0 Å². The van der Waals surface area contributed by atoms with E-state index in [1.54, 1.807) is 18.2 Å². The molecular formula is C12H15F3N2O. The van der Waals surface area contributed by atoms with E-state index in [-0.39, 0.29) is 5.56 Å². The van der Waals surface area contributed by atoms with Gasteiger partial charge in [-0.15, -0.1) is 0 Å². The molecule has 0 aliphatic heterocycles. The van der Waals surface area contributed by atoms with Crippen LogP contribution in [0.2, 0.25) is 0 Å². The lowest BCUT2D eigenvalue weighted by atomic mass is 10.1. The summed E-state index contributed by atoms with van der Waals surface area (Å²) in [5.41, 5.74) is 0.783. The highest BCUT2D eigenvalue weighted by molar-refractivity contribution is 5.99. The van der Waals surface area contributed by atoms with E-state index in [4.69, 9.17) is 0 Å². The molecule has 1 aromatic carbocycles. The maximum Gasteiger partial charge on any atom is 0.406 e. The maximum atomic E-state index is 12.2. The molecule has 0 aliphatic rings. The molecule has 0 aromatic heterocycles. The highest BCUT2D eigenvalue weighted by atomic mass is 19.4. The first-order valence-corrected chi connectivity index (χ1v) is 5.50. The van der Waals surface area contributed by atoms with Crippen LogP contribution < -0.4 is 5.32 Å². The number of carbonyl (C=O) groups is 1. The Labute approximate surface area is 104 Å². The molecule has 1 N–H and O–H groups in total. The first-order chi connectivity index (χ1) is 8.35. The van der Waals surface area contributed by atoms with Gasteiger partial charge in [-0.1, -0.05) is 12.1 Å². The van der Waals surface area contributed by atoms with Crippen LogP contribution in [0.5, 0.6) is 0 Å². The normalized spacial score (nSPS) is 11.2. The average Bonchev–Trinajstić information content (AvgIpc) is 2.27. The molecule has 0 heterocycles. The first-order valence-electron chi connectivity index (χ1n) is 5.50. The van der Waals surface area contributed by atoms with Crippen molar-refractivity contribution in [2.75, 3.05) is 25.5 Å². The van der Waals surface area contributed by atoms with Gasteiger partial charge in [0, 0.05) is 19.3 Å². The smallest absolute Gasteiger partial charge is 0.385 e. The molecule has 0 saturated heterocycles. The van der Waals surface area contributed by atoms with Crippen molar-refractivity contribution < 1.29 is 18.0 Å². The van der Waals surface area contributed by atoms with Crippen LogP contribution in [-0.4, -0.2) is 37.1 Å². The van der Waals surface area contributed by atoms with E-state index in [9.17, 15) is 18.0 Å². The van der Waals surface area contributed by atoms with Gasteiger partial charge in [0.1, 0.15) is 6.54 Å². The number of amides is 1. The van der Waals surface area contributed by atoms with Crippen LogP contribution in [0.25, 0.3) is 0 Å². The predicted molar refractivity (Wildman–Crippen MR) is 63.6 cm³/mol. The van der Waals surface area contributed by atoms with E-state index < -0.39 is 18.6 Å². The maximum absolute atomic E-state index is 12.2. The lowest BCUT2D eigenvalue weighted by Gasteiger charge is -2.20. The summed E-state index contributed by atoms with van der Waals surface area (Å²) >= 11 is 0. The largest absolute Gasteiger partial charge is 0.406 e. The zero-order valence-corrected chi connectivity index (χ0v) is 10.2. The van der Waals surface area contributed by atoms with Crippen molar-refractivity contribution in [1.82, 2.24) is 4.90 Å². The van der Waals surface area contributed by atoms with E-state index in [1.165, 1.54) is 6.07 Å². The van der Waals surface area contributed by atoms with Crippen molar-refractivity contribution in [3.05, 3.63) is 29.8 Å². The van der Waals surface area contributed by atoms with Gasteiger partial charge in [0.05, 0.1) is 5.56 Å². The minimum absolute atomic E-state index is 0.242. The number of hydrogen-bond acceptors (Lipinski definition) is 2. The lowest BCUT2D eigenvalue weighted by Crippen LogP contribution is -2.36. The van der Waals surface area contributed by atoms with Gasteiger partial charge >= 0.3 is 6.18 Å². The first kappa shape index (κ1) is 14.3. The van der Waals surface area contributed by atoms with Gasteiger partial charge in [-0.25, -0.2) is 0 Å².